The number of benzene rings is 2. The first-order valence-electron chi connectivity index (χ1n) is 8.17. The summed E-state index contributed by atoms with van der Waals surface area (Å²) in [7, 11) is 0. The molecule has 122 valence electrons. The average molecular weight is 322 g/mol. The van der Waals surface area contributed by atoms with Gasteiger partial charge in [-0.25, -0.2) is 14.4 Å². The molecular formula is C19H19FN4. The van der Waals surface area contributed by atoms with Crippen LogP contribution in [0.5, 0.6) is 0 Å². The van der Waals surface area contributed by atoms with Crippen molar-refractivity contribution >= 4 is 22.4 Å². The maximum absolute atomic E-state index is 13.1. The molecule has 24 heavy (non-hydrogen) atoms. The van der Waals surface area contributed by atoms with Gasteiger partial charge in [-0.1, -0.05) is 11.6 Å². The largest absolute Gasteiger partial charge is 0.368 e. The smallest absolute Gasteiger partial charge is 0.140 e. The van der Waals surface area contributed by atoms with Crippen molar-refractivity contribution in [2.45, 2.75) is 6.92 Å². The van der Waals surface area contributed by atoms with Gasteiger partial charge in [0.1, 0.15) is 18.0 Å². The Bertz CT molecular complexity index is 855. The summed E-state index contributed by atoms with van der Waals surface area (Å²) >= 11 is 0. The van der Waals surface area contributed by atoms with E-state index in [-0.39, 0.29) is 5.82 Å². The Hall–Kier alpha value is -2.69. The number of nitrogens with zero attached hydrogens (tertiary/aromatic N) is 4. The topological polar surface area (TPSA) is 32.3 Å². The summed E-state index contributed by atoms with van der Waals surface area (Å²) in [4.78, 5) is 13.5. The minimum atomic E-state index is -0.194. The van der Waals surface area contributed by atoms with Crippen molar-refractivity contribution in [2.75, 3.05) is 36.0 Å². The van der Waals surface area contributed by atoms with Crippen molar-refractivity contribution in [3.63, 3.8) is 0 Å². The van der Waals surface area contributed by atoms with E-state index in [1.165, 1.54) is 17.7 Å². The van der Waals surface area contributed by atoms with Crippen molar-refractivity contribution in [2.24, 2.45) is 0 Å². The lowest BCUT2D eigenvalue weighted by atomic mass is 10.1. The number of piperazine rings is 1. The van der Waals surface area contributed by atoms with Crippen LogP contribution in [0.3, 0.4) is 0 Å². The number of anilines is 2. The SMILES string of the molecule is Cc1ccc2ncnc(N3CCN(c4ccc(F)cc4)CC3)c2c1. The molecule has 0 bridgehead atoms. The van der Waals surface area contributed by atoms with Crippen LogP contribution in [0.1, 0.15) is 5.56 Å². The van der Waals surface area contributed by atoms with Crippen LogP contribution in [-0.4, -0.2) is 36.1 Å². The summed E-state index contributed by atoms with van der Waals surface area (Å²) < 4.78 is 13.1. The number of hydrogen-bond donors (Lipinski definition) is 0. The Morgan fingerprint density at radius 1 is 0.875 bits per heavy atom. The predicted molar refractivity (Wildman–Crippen MR) is 95.1 cm³/mol. The first-order chi connectivity index (χ1) is 11.7. The molecule has 1 aliphatic heterocycles. The van der Waals surface area contributed by atoms with Crippen LogP contribution in [0.25, 0.3) is 10.9 Å². The van der Waals surface area contributed by atoms with Gasteiger partial charge in [0, 0.05) is 37.3 Å². The highest BCUT2D eigenvalue weighted by atomic mass is 19.1. The predicted octanol–water partition coefficient (Wildman–Crippen LogP) is 3.40. The molecule has 0 spiro atoms. The average Bonchev–Trinajstić information content (AvgIpc) is 2.62. The lowest BCUT2D eigenvalue weighted by Crippen LogP contribution is -2.46. The van der Waals surface area contributed by atoms with Gasteiger partial charge in [-0.2, -0.15) is 0 Å². The second-order valence-corrected chi connectivity index (χ2v) is 6.17. The van der Waals surface area contributed by atoms with Crippen molar-refractivity contribution in [3.8, 4) is 0 Å². The highest BCUT2D eigenvalue weighted by Gasteiger charge is 2.20. The molecule has 3 aromatic rings. The number of aryl methyl sites for hydroxylation is 1. The Balaban J connectivity index is 1.56. The van der Waals surface area contributed by atoms with Crippen molar-refractivity contribution in [1.29, 1.82) is 0 Å². The molecule has 0 amide bonds. The lowest BCUT2D eigenvalue weighted by Gasteiger charge is -2.37. The summed E-state index contributed by atoms with van der Waals surface area (Å²) in [5.74, 6) is 0.808. The van der Waals surface area contributed by atoms with E-state index >= 15 is 0 Å². The van der Waals surface area contributed by atoms with Crippen LogP contribution in [0.2, 0.25) is 0 Å². The lowest BCUT2D eigenvalue weighted by molar-refractivity contribution is 0.624. The third kappa shape index (κ3) is 2.77. The molecule has 2 heterocycles. The number of fused-ring (bicyclic) bond motifs is 1. The van der Waals surface area contributed by atoms with E-state index in [2.05, 4.69) is 38.8 Å². The van der Waals surface area contributed by atoms with Crippen molar-refractivity contribution < 1.29 is 4.39 Å². The molecule has 0 radical (unpaired) electrons. The molecular weight excluding hydrogens is 303 g/mol. The third-order valence-corrected chi connectivity index (χ3v) is 4.54. The number of aromatic nitrogens is 2. The summed E-state index contributed by atoms with van der Waals surface area (Å²) in [5.41, 5.74) is 3.26. The molecule has 0 N–H and O–H groups in total. The summed E-state index contributed by atoms with van der Waals surface area (Å²) in [6, 6.07) is 13.0. The second kappa shape index (κ2) is 6.07. The number of hydrogen-bond acceptors (Lipinski definition) is 4. The fourth-order valence-corrected chi connectivity index (χ4v) is 3.24. The molecule has 0 saturated carbocycles. The molecule has 1 saturated heterocycles. The van der Waals surface area contributed by atoms with Crippen molar-refractivity contribution in [3.05, 3.63) is 60.2 Å². The van der Waals surface area contributed by atoms with Gasteiger partial charge in [-0.3, -0.25) is 0 Å². The Morgan fingerprint density at radius 3 is 2.33 bits per heavy atom. The van der Waals surface area contributed by atoms with Gasteiger partial charge >= 0.3 is 0 Å². The van der Waals surface area contributed by atoms with E-state index in [1.807, 2.05) is 18.2 Å². The molecule has 0 unspecified atom stereocenters. The van der Waals surface area contributed by atoms with E-state index in [1.54, 1.807) is 6.33 Å². The molecule has 4 rings (SSSR count). The Labute approximate surface area is 140 Å². The van der Waals surface area contributed by atoms with Gasteiger partial charge in [-0.15, -0.1) is 0 Å². The molecule has 1 aliphatic rings. The zero-order chi connectivity index (χ0) is 16.5. The second-order valence-electron chi connectivity index (χ2n) is 6.17. The third-order valence-electron chi connectivity index (χ3n) is 4.54. The highest BCUT2D eigenvalue weighted by molar-refractivity contribution is 5.89. The monoisotopic (exact) mass is 322 g/mol. The maximum Gasteiger partial charge on any atom is 0.140 e. The first-order valence-corrected chi connectivity index (χ1v) is 8.17. The van der Waals surface area contributed by atoms with Gasteiger partial charge in [0.05, 0.1) is 5.52 Å². The molecule has 2 aromatic carbocycles. The molecule has 1 fully saturated rings. The minimum absolute atomic E-state index is 0.194. The van der Waals surface area contributed by atoms with Gasteiger partial charge in [0.15, 0.2) is 0 Å². The Morgan fingerprint density at radius 2 is 1.58 bits per heavy atom. The van der Waals surface area contributed by atoms with Gasteiger partial charge < -0.3 is 9.80 Å². The molecule has 0 atom stereocenters. The fourth-order valence-electron chi connectivity index (χ4n) is 3.24. The maximum atomic E-state index is 13.1. The molecule has 0 aliphatic carbocycles. The van der Waals surface area contributed by atoms with E-state index < -0.39 is 0 Å². The van der Waals surface area contributed by atoms with Crippen LogP contribution in [0, 0.1) is 12.7 Å². The summed E-state index contributed by atoms with van der Waals surface area (Å²) in [6.07, 6.45) is 1.64. The molecule has 4 nitrogen and oxygen atoms in total. The number of halogens is 1. The van der Waals surface area contributed by atoms with Gasteiger partial charge in [0.2, 0.25) is 0 Å². The van der Waals surface area contributed by atoms with Crippen LogP contribution in [0.4, 0.5) is 15.9 Å². The molecule has 5 heteroatoms. The quantitative estimate of drug-likeness (QED) is 0.724. The summed E-state index contributed by atoms with van der Waals surface area (Å²) in [5, 5.41) is 1.10. The zero-order valence-corrected chi connectivity index (χ0v) is 13.6. The van der Waals surface area contributed by atoms with E-state index in [0.717, 1.165) is 48.6 Å². The summed E-state index contributed by atoms with van der Waals surface area (Å²) in [6.45, 7) is 5.64. The fraction of sp³-hybridized carbons (Fsp3) is 0.263. The van der Waals surface area contributed by atoms with E-state index in [0.29, 0.717) is 0 Å². The highest BCUT2D eigenvalue weighted by Crippen LogP contribution is 2.26. The number of rotatable bonds is 2. The van der Waals surface area contributed by atoms with Crippen LogP contribution < -0.4 is 9.80 Å². The van der Waals surface area contributed by atoms with Gasteiger partial charge in [-0.05, 0) is 43.3 Å². The van der Waals surface area contributed by atoms with Gasteiger partial charge in [0.25, 0.3) is 0 Å². The normalized spacial score (nSPS) is 15.1. The minimum Gasteiger partial charge on any atom is -0.368 e. The first kappa shape index (κ1) is 14.9. The van der Waals surface area contributed by atoms with E-state index in [9.17, 15) is 4.39 Å². The molecule has 1 aromatic heterocycles. The van der Waals surface area contributed by atoms with E-state index in [4.69, 9.17) is 0 Å². The standard InChI is InChI=1S/C19H19FN4/c1-14-2-7-18-17(12-14)19(22-13-21-18)24-10-8-23(9-11-24)16-5-3-15(20)4-6-16/h2-7,12-13H,8-11H2,1H3. The van der Waals surface area contributed by atoms with Crippen LogP contribution >= 0.6 is 0 Å². The zero-order valence-electron chi connectivity index (χ0n) is 13.6. The van der Waals surface area contributed by atoms with Crippen LogP contribution in [0.15, 0.2) is 48.8 Å². The Kier molecular flexibility index (Phi) is 3.76. The van der Waals surface area contributed by atoms with Crippen LogP contribution in [-0.2, 0) is 0 Å². The van der Waals surface area contributed by atoms with Crippen molar-refractivity contribution in [1.82, 2.24) is 9.97 Å².